The molecule has 2 amide bonds. The molecule has 44 heavy (non-hydrogen) atoms. The molecule has 0 aliphatic rings. The van der Waals surface area contributed by atoms with Crippen molar-refractivity contribution in [3.05, 3.63) is 84.6 Å². The van der Waals surface area contributed by atoms with Crippen LogP contribution in [0.1, 0.15) is 60.1 Å². The van der Waals surface area contributed by atoms with Crippen molar-refractivity contribution < 1.29 is 23.5 Å². The van der Waals surface area contributed by atoms with Crippen molar-refractivity contribution >= 4 is 23.8 Å². The lowest BCUT2D eigenvalue weighted by atomic mass is 10.1. The molecule has 0 saturated carbocycles. The average Bonchev–Trinajstić information content (AvgIpc) is 3.58. The van der Waals surface area contributed by atoms with Crippen molar-refractivity contribution in [3.8, 4) is 22.5 Å². The van der Waals surface area contributed by atoms with E-state index in [1.807, 2.05) is 42.1 Å². The zero-order valence-electron chi connectivity index (χ0n) is 25.6. The van der Waals surface area contributed by atoms with Crippen LogP contribution in [0.4, 0.5) is 19.9 Å². The molecule has 0 radical (unpaired) electrons. The summed E-state index contributed by atoms with van der Waals surface area (Å²) in [6, 6.07) is 15.5. The van der Waals surface area contributed by atoms with Gasteiger partial charge in [-0.05, 0) is 90.4 Å². The van der Waals surface area contributed by atoms with Crippen molar-refractivity contribution in [2.24, 2.45) is 0 Å². The Morgan fingerprint density at radius 3 is 2.09 bits per heavy atom. The first kappa shape index (κ1) is 30.3. The molecular weight excluding hydrogens is 565 g/mol. The molecule has 0 aliphatic heterocycles. The number of fused-ring (bicyclic) bond motifs is 1. The summed E-state index contributed by atoms with van der Waals surface area (Å²) in [6.45, 7) is 12.2. The average molecular weight is 600 g/mol. The van der Waals surface area contributed by atoms with Crippen LogP contribution < -0.4 is 4.90 Å². The minimum absolute atomic E-state index is 0.0991. The molecule has 228 valence electrons. The van der Waals surface area contributed by atoms with E-state index in [1.165, 1.54) is 16.6 Å². The fraction of sp³-hybridized carbons (Fsp3) is 0.312. The fourth-order valence-corrected chi connectivity index (χ4v) is 4.31. The summed E-state index contributed by atoms with van der Waals surface area (Å²) in [5, 5.41) is 8.85. The van der Waals surface area contributed by atoms with Crippen molar-refractivity contribution in [1.29, 1.82) is 0 Å². The predicted molar refractivity (Wildman–Crippen MR) is 163 cm³/mol. The van der Waals surface area contributed by atoms with Crippen LogP contribution in [0.5, 0.6) is 0 Å². The standard InChI is InChI=1S/C32H34FN7O4/c1-20(21-11-13-24(33)14-12-21)39-19-23(18-34-39)26-10-8-9-25(35-26)22-15-16-38-27(17-22)36-28(37-38)40(29(41)43-31(2,3)4)30(42)44-32(5,6)7/h8-20H,1-7H3/t20-/m1/s1. The van der Waals surface area contributed by atoms with E-state index in [-0.39, 0.29) is 17.8 Å². The van der Waals surface area contributed by atoms with Gasteiger partial charge in [0.2, 0.25) is 0 Å². The van der Waals surface area contributed by atoms with Gasteiger partial charge in [-0.2, -0.15) is 10.1 Å². The second-order valence-corrected chi connectivity index (χ2v) is 12.3. The van der Waals surface area contributed by atoms with Crippen LogP contribution in [0.25, 0.3) is 28.2 Å². The molecule has 5 aromatic rings. The van der Waals surface area contributed by atoms with Crippen LogP contribution in [0.2, 0.25) is 0 Å². The van der Waals surface area contributed by atoms with Crippen molar-refractivity contribution in [1.82, 2.24) is 29.4 Å². The third-order valence-corrected chi connectivity index (χ3v) is 6.37. The van der Waals surface area contributed by atoms with E-state index in [0.29, 0.717) is 21.9 Å². The lowest BCUT2D eigenvalue weighted by Gasteiger charge is -2.26. The molecular formula is C32H34FN7O4. The van der Waals surface area contributed by atoms with Gasteiger partial charge in [-0.3, -0.25) is 4.68 Å². The van der Waals surface area contributed by atoms with Gasteiger partial charge in [0.1, 0.15) is 17.0 Å². The number of carbonyl (C=O) groups is 2. The van der Waals surface area contributed by atoms with Gasteiger partial charge in [0.05, 0.1) is 23.6 Å². The van der Waals surface area contributed by atoms with E-state index in [9.17, 15) is 14.0 Å². The third-order valence-electron chi connectivity index (χ3n) is 6.37. The monoisotopic (exact) mass is 599 g/mol. The minimum Gasteiger partial charge on any atom is -0.443 e. The fourth-order valence-electron chi connectivity index (χ4n) is 4.31. The summed E-state index contributed by atoms with van der Waals surface area (Å²) in [5.41, 5.74) is 2.52. The van der Waals surface area contributed by atoms with Crippen LogP contribution in [0.3, 0.4) is 0 Å². The zero-order chi connectivity index (χ0) is 31.8. The molecule has 11 nitrogen and oxygen atoms in total. The summed E-state index contributed by atoms with van der Waals surface area (Å²) in [4.78, 5) is 36.1. The second-order valence-electron chi connectivity index (χ2n) is 12.3. The minimum atomic E-state index is -0.952. The maximum atomic E-state index is 13.4. The SMILES string of the molecule is C[C@H](c1ccc(F)cc1)n1cc(-c2cccc(-c3ccn4nc(N(C(=O)OC(C)(C)C)C(=O)OC(C)(C)C)nc4c3)n2)cn1. The topological polar surface area (TPSA) is 117 Å². The summed E-state index contributed by atoms with van der Waals surface area (Å²) >= 11 is 0. The number of carbonyl (C=O) groups excluding carboxylic acids is 2. The zero-order valence-corrected chi connectivity index (χ0v) is 25.6. The highest BCUT2D eigenvalue weighted by molar-refractivity contribution is 6.08. The van der Waals surface area contributed by atoms with Gasteiger partial charge in [0, 0.05) is 23.5 Å². The van der Waals surface area contributed by atoms with Gasteiger partial charge < -0.3 is 9.47 Å². The Bertz CT molecular complexity index is 1790. The Labute approximate surface area is 254 Å². The van der Waals surface area contributed by atoms with E-state index in [2.05, 4.69) is 15.2 Å². The summed E-state index contributed by atoms with van der Waals surface area (Å²) in [7, 11) is 0. The van der Waals surface area contributed by atoms with E-state index in [1.54, 1.807) is 72.1 Å². The van der Waals surface area contributed by atoms with Gasteiger partial charge >= 0.3 is 12.2 Å². The van der Waals surface area contributed by atoms with Crippen LogP contribution in [0, 0.1) is 5.82 Å². The number of aromatic nitrogens is 6. The number of imide groups is 1. The number of ether oxygens (including phenoxy) is 2. The third kappa shape index (κ3) is 6.91. The Morgan fingerprint density at radius 2 is 1.48 bits per heavy atom. The number of pyridine rings is 2. The normalized spacial score (nSPS) is 12.6. The molecule has 1 aromatic carbocycles. The summed E-state index contributed by atoms with van der Waals surface area (Å²) in [6.07, 6.45) is 3.40. The molecule has 0 unspecified atom stereocenters. The van der Waals surface area contributed by atoms with Gasteiger partial charge in [0.15, 0.2) is 5.65 Å². The highest BCUT2D eigenvalue weighted by Gasteiger charge is 2.35. The van der Waals surface area contributed by atoms with Crippen LogP contribution >= 0.6 is 0 Å². The van der Waals surface area contributed by atoms with Gasteiger partial charge in [-0.15, -0.1) is 10.00 Å². The smallest absolute Gasteiger partial charge is 0.427 e. The molecule has 0 aliphatic carbocycles. The van der Waals surface area contributed by atoms with Crippen molar-refractivity contribution in [2.45, 2.75) is 65.7 Å². The number of rotatable bonds is 5. The van der Waals surface area contributed by atoms with Crippen LogP contribution in [-0.2, 0) is 9.47 Å². The second kappa shape index (κ2) is 11.5. The molecule has 12 heteroatoms. The lowest BCUT2D eigenvalue weighted by Crippen LogP contribution is -2.44. The molecule has 4 heterocycles. The van der Waals surface area contributed by atoms with Crippen molar-refractivity contribution in [2.75, 3.05) is 4.90 Å². The number of anilines is 1. The maximum Gasteiger partial charge on any atom is 0.427 e. The Hall–Kier alpha value is -5.13. The summed E-state index contributed by atoms with van der Waals surface area (Å²) in [5.74, 6) is -0.470. The number of amides is 2. The first-order chi connectivity index (χ1) is 20.7. The number of hydrogen-bond donors (Lipinski definition) is 0. The first-order valence-electron chi connectivity index (χ1n) is 14.1. The van der Waals surface area contributed by atoms with Crippen LogP contribution in [-0.4, -0.2) is 52.8 Å². The molecule has 4 aromatic heterocycles. The Morgan fingerprint density at radius 1 is 0.864 bits per heavy atom. The first-order valence-corrected chi connectivity index (χ1v) is 14.1. The Balaban J connectivity index is 1.43. The van der Waals surface area contributed by atoms with Crippen LogP contribution in [0.15, 0.2) is 73.2 Å². The van der Waals surface area contributed by atoms with Gasteiger partial charge in [-0.1, -0.05) is 18.2 Å². The molecule has 0 fully saturated rings. The number of nitrogens with zero attached hydrogens (tertiary/aromatic N) is 7. The Kier molecular flexibility index (Phi) is 7.94. The summed E-state index contributed by atoms with van der Waals surface area (Å²) < 4.78 is 27.5. The highest BCUT2D eigenvalue weighted by Crippen LogP contribution is 2.26. The van der Waals surface area contributed by atoms with E-state index < -0.39 is 23.4 Å². The molecule has 0 bridgehead atoms. The maximum absolute atomic E-state index is 13.4. The molecule has 0 saturated heterocycles. The molecule has 0 N–H and O–H groups in total. The molecule has 0 spiro atoms. The number of benzene rings is 1. The molecule has 1 atom stereocenters. The lowest BCUT2D eigenvalue weighted by molar-refractivity contribution is 0.0427. The number of hydrogen-bond acceptors (Lipinski definition) is 8. The predicted octanol–water partition coefficient (Wildman–Crippen LogP) is 7.08. The quantitative estimate of drug-likeness (QED) is 0.210. The highest BCUT2D eigenvalue weighted by atomic mass is 19.1. The van der Waals surface area contributed by atoms with E-state index in [4.69, 9.17) is 14.5 Å². The van der Waals surface area contributed by atoms with Crippen molar-refractivity contribution in [3.63, 3.8) is 0 Å². The molecule has 5 rings (SSSR count). The van der Waals surface area contributed by atoms with Gasteiger partial charge in [-0.25, -0.2) is 23.5 Å². The number of halogens is 1. The van der Waals surface area contributed by atoms with Gasteiger partial charge in [0.25, 0.3) is 5.95 Å². The van der Waals surface area contributed by atoms with E-state index >= 15 is 0 Å². The largest absolute Gasteiger partial charge is 0.443 e. The van der Waals surface area contributed by atoms with E-state index in [0.717, 1.165) is 16.7 Å².